The summed E-state index contributed by atoms with van der Waals surface area (Å²) in [7, 11) is 1.80. The van der Waals surface area contributed by atoms with Crippen molar-refractivity contribution in [3.63, 3.8) is 0 Å². The van der Waals surface area contributed by atoms with Crippen molar-refractivity contribution in [1.29, 1.82) is 0 Å². The van der Waals surface area contributed by atoms with Crippen LogP contribution in [-0.2, 0) is 13.0 Å². The van der Waals surface area contributed by atoms with Gasteiger partial charge in [-0.05, 0) is 18.1 Å². The van der Waals surface area contributed by atoms with Gasteiger partial charge >= 0.3 is 0 Å². The highest BCUT2D eigenvalue weighted by Gasteiger charge is 2.29. The molecule has 3 rings (SSSR count). The lowest BCUT2D eigenvalue weighted by Gasteiger charge is -2.27. The van der Waals surface area contributed by atoms with Crippen LogP contribution in [0.1, 0.15) is 16.1 Å². The Kier molecular flexibility index (Phi) is 5.93. The van der Waals surface area contributed by atoms with E-state index in [1.54, 1.807) is 11.9 Å². The summed E-state index contributed by atoms with van der Waals surface area (Å²) in [5.74, 6) is -0.0165. The third-order valence-corrected chi connectivity index (χ3v) is 5.02. The molecule has 2 heterocycles. The van der Waals surface area contributed by atoms with Gasteiger partial charge in [-0.25, -0.2) is 0 Å². The van der Waals surface area contributed by atoms with E-state index in [9.17, 15) is 9.90 Å². The summed E-state index contributed by atoms with van der Waals surface area (Å²) in [5, 5.41) is 29.9. The minimum atomic E-state index is -0.715. The maximum Gasteiger partial charge on any atom is 0.270 e. The van der Waals surface area contributed by atoms with Crippen LogP contribution in [0.15, 0.2) is 24.3 Å². The minimum Gasteiger partial charge on any atom is -0.395 e. The Morgan fingerprint density at radius 3 is 2.58 bits per heavy atom. The molecule has 26 heavy (non-hydrogen) atoms. The molecular weight excluding hydrogens is 334 g/mol. The number of fused-ring (bicyclic) bond motifs is 3. The van der Waals surface area contributed by atoms with E-state index < -0.39 is 6.10 Å². The third-order valence-electron chi connectivity index (χ3n) is 5.02. The molecule has 1 atom stereocenters. The fourth-order valence-electron chi connectivity index (χ4n) is 3.77. The highest BCUT2D eigenvalue weighted by Crippen LogP contribution is 2.30. The number of para-hydroxylation sites is 1. The van der Waals surface area contributed by atoms with E-state index in [0.717, 1.165) is 22.9 Å². The summed E-state index contributed by atoms with van der Waals surface area (Å²) >= 11 is 0. The summed E-state index contributed by atoms with van der Waals surface area (Å²) in [6.07, 6.45) is 0.0931. The van der Waals surface area contributed by atoms with Crippen LogP contribution in [-0.4, -0.2) is 88.1 Å². The fraction of sp³-hybridized carbons (Fsp3) is 0.526. The van der Waals surface area contributed by atoms with Crippen molar-refractivity contribution in [2.24, 2.45) is 0 Å². The molecule has 1 aromatic carbocycles. The van der Waals surface area contributed by atoms with Crippen molar-refractivity contribution in [2.45, 2.75) is 19.1 Å². The molecule has 7 heteroatoms. The molecule has 1 amide bonds. The van der Waals surface area contributed by atoms with Crippen molar-refractivity contribution >= 4 is 16.8 Å². The van der Waals surface area contributed by atoms with E-state index in [-0.39, 0.29) is 19.1 Å². The Labute approximate surface area is 153 Å². The van der Waals surface area contributed by atoms with Gasteiger partial charge in [-0.15, -0.1) is 0 Å². The number of aromatic nitrogens is 1. The molecule has 2 aromatic rings. The standard InChI is InChI=1S/C19H27N3O4/c1-20-7-6-16-15-4-2-3-5-17(15)22(18(16)19(20)26)13-14(25)12-21(8-10-23)9-11-24/h2-5,14,23-25H,6-13H2,1H3/t14-/m0/s1. The molecule has 142 valence electrons. The Balaban J connectivity index is 1.91. The van der Waals surface area contributed by atoms with E-state index in [1.165, 1.54) is 0 Å². The molecule has 0 spiro atoms. The molecule has 0 saturated carbocycles. The molecule has 0 aliphatic carbocycles. The SMILES string of the molecule is CN1CCc2c(n(C[C@@H](O)CN(CCO)CCO)c3ccccc23)C1=O. The smallest absolute Gasteiger partial charge is 0.270 e. The number of nitrogens with zero attached hydrogens (tertiary/aromatic N) is 3. The topological polar surface area (TPSA) is 89.2 Å². The van der Waals surface area contributed by atoms with Gasteiger partial charge in [0.1, 0.15) is 5.69 Å². The average molecular weight is 361 g/mol. The zero-order chi connectivity index (χ0) is 18.7. The van der Waals surface area contributed by atoms with Gasteiger partial charge in [0.15, 0.2) is 0 Å². The van der Waals surface area contributed by atoms with E-state index in [4.69, 9.17) is 10.2 Å². The Hall–Kier alpha value is -1.93. The molecule has 3 N–H and O–H groups in total. The van der Waals surface area contributed by atoms with Crippen LogP contribution in [0.25, 0.3) is 10.9 Å². The van der Waals surface area contributed by atoms with Gasteiger partial charge < -0.3 is 24.8 Å². The van der Waals surface area contributed by atoms with Gasteiger partial charge in [0.2, 0.25) is 0 Å². The lowest BCUT2D eigenvalue weighted by Crippen LogP contribution is -2.40. The van der Waals surface area contributed by atoms with Gasteiger partial charge in [0.25, 0.3) is 5.91 Å². The molecule has 0 bridgehead atoms. The number of amides is 1. The van der Waals surface area contributed by atoms with E-state index in [1.807, 2.05) is 33.7 Å². The zero-order valence-electron chi connectivity index (χ0n) is 15.1. The first kappa shape index (κ1) is 18.8. The van der Waals surface area contributed by atoms with Crippen LogP contribution < -0.4 is 0 Å². The van der Waals surface area contributed by atoms with Crippen molar-refractivity contribution in [1.82, 2.24) is 14.4 Å². The van der Waals surface area contributed by atoms with Crippen molar-refractivity contribution < 1.29 is 20.1 Å². The normalized spacial score (nSPS) is 15.7. The monoisotopic (exact) mass is 361 g/mol. The average Bonchev–Trinajstić information content (AvgIpc) is 2.93. The number of carbonyl (C=O) groups excluding carboxylic acids is 1. The second-order valence-electron chi connectivity index (χ2n) is 6.83. The molecule has 7 nitrogen and oxygen atoms in total. The van der Waals surface area contributed by atoms with Crippen molar-refractivity contribution in [3.8, 4) is 0 Å². The summed E-state index contributed by atoms with van der Waals surface area (Å²) in [6, 6.07) is 7.91. The van der Waals surface area contributed by atoms with E-state index in [2.05, 4.69) is 0 Å². The highest BCUT2D eigenvalue weighted by molar-refractivity contribution is 6.02. The Bertz CT molecular complexity index is 767. The minimum absolute atomic E-state index is 0.0165. The van der Waals surface area contributed by atoms with Crippen LogP contribution in [0.3, 0.4) is 0 Å². The van der Waals surface area contributed by atoms with Crippen molar-refractivity contribution in [2.75, 3.05) is 46.4 Å². The molecule has 0 saturated heterocycles. The maximum atomic E-state index is 12.8. The number of aliphatic hydroxyl groups excluding tert-OH is 3. The first-order valence-electron chi connectivity index (χ1n) is 9.04. The number of benzene rings is 1. The van der Waals surface area contributed by atoms with E-state index in [0.29, 0.717) is 38.4 Å². The molecule has 0 radical (unpaired) electrons. The van der Waals surface area contributed by atoms with Crippen LogP contribution in [0, 0.1) is 0 Å². The predicted octanol–water partition coefficient (Wildman–Crippen LogP) is -0.0831. The van der Waals surface area contributed by atoms with Gasteiger partial charge in [0, 0.05) is 44.1 Å². The second kappa shape index (κ2) is 8.18. The molecular formula is C19H27N3O4. The lowest BCUT2D eigenvalue weighted by molar-refractivity contribution is 0.0719. The predicted molar refractivity (Wildman–Crippen MR) is 99.2 cm³/mol. The van der Waals surface area contributed by atoms with Gasteiger partial charge in [-0.3, -0.25) is 9.69 Å². The highest BCUT2D eigenvalue weighted by atomic mass is 16.3. The van der Waals surface area contributed by atoms with Gasteiger partial charge in [-0.1, -0.05) is 18.2 Å². The largest absolute Gasteiger partial charge is 0.395 e. The number of rotatable bonds is 8. The number of aliphatic hydroxyl groups is 3. The van der Waals surface area contributed by atoms with Crippen LogP contribution >= 0.6 is 0 Å². The Morgan fingerprint density at radius 1 is 1.19 bits per heavy atom. The third kappa shape index (κ3) is 3.61. The molecule has 1 aromatic heterocycles. The van der Waals surface area contributed by atoms with Crippen LogP contribution in [0.5, 0.6) is 0 Å². The number of likely N-dealkylation sites (N-methyl/N-ethyl adjacent to an activating group) is 1. The van der Waals surface area contributed by atoms with E-state index >= 15 is 0 Å². The van der Waals surface area contributed by atoms with Gasteiger partial charge in [0.05, 0.1) is 25.9 Å². The number of hydrogen-bond donors (Lipinski definition) is 3. The molecule has 1 aliphatic rings. The summed E-state index contributed by atoms with van der Waals surface area (Å²) in [6.45, 7) is 2.04. The lowest BCUT2D eigenvalue weighted by atomic mass is 10.0. The molecule has 0 unspecified atom stereocenters. The summed E-state index contributed by atoms with van der Waals surface area (Å²) < 4.78 is 1.92. The maximum absolute atomic E-state index is 12.8. The van der Waals surface area contributed by atoms with Crippen LogP contribution in [0.4, 0.5) is 0 Å². The van der Waals surface area contributed by atoms with Crippen LogP contribution in [0.2, 0.25) is 0 Å². The quantitative estimate of drug-likeness (QED) is 0.612. The first-order valence-corrected chi connectivity index (χ1v) is 9.04. The molecule has 0 fully saturated rings. The fourth-order valence-corrected chi connectivity index (χ4v) is 3.77. The Morgan fingerprint density at radius 2 is 1.88 bits per heavy atom. The summed E-state index contributed by atoms with van der Waals surface area (Å²) in [5.41, 5.74) is 2.67. The van der Waals surface area contributed by atoms with Crippen molar-refractivity contribution in [3.05, 3.63) is 35.5 Å². The summed E-state index contributed by atoms with van der Waals surface area (Å²) in [4.78, 5) is 16.3. The number of hydrogen-bond acceptors (Lipinski definition) is 5. The number of carbonyl (C=O) groups is 1. The molecule has 1 aliphatic heterocycles. The zero-order valence-corrected chi connectivity index (χ0v) is 15.1. The van der Waals surface area contributed by atoms with Gasteiger partial charge in [-0.2, -0.15) is 0 Å². The second-order valence-corrected chi connectivity index (χ2v) is 6.83. The first-order chi connectivity index (χ1) is 12.6.